The molecule has 0 aromatic heterocycles. The molecule has 0 aliphatic rings. The smallest absolute Gasteiger partial charge is 0.345 e. The number of benzene rings is 2. The van der Waals surface area contributed by atoms with Crippen LogP contribution in [0, 0.1) is 6.92 Å². The van der Waals surface area contributed by atoms with E-state index in [-0.39, 0.29) is 6.42 Å². The van der Waals surface area contributed by atoms with Crippen LogP contribution in [-0.2, 0) is 11.2 Å². The number of hydrogen-bond donors (Lipinski definition) is 1. The van der Waals surface area contributed by atoms with Crippen LogP contribution < -0.4 is 4.74 Å². The Morgan fingerprint density at radius 2 is 1.71 bits per heavy atom. The van der Waals surface area contributed by atoms with E-state index in [0.717, 1.165) is 5.56 Å². The first kappa shape index (κ1) is 15.7. The number of carboxylic acid groups (broad SMARTS) is 1. The van der Waals surface area contributed by atoms with Crippen LogP contribution in [0.3, 0.4) is 0 Å². The van der Waals surface area contributed by atoms with Crippen molar-refractivity contribution in [1.82, 2.24) is 0 Å². The predicted octanol–water partition coefficient (Wildman–Crippen LogP) is 4.38. The van der Waals surface area contributed by atoms with Gasteiger partial charge in [-0.05, 0) is 42.8 Å². The number of aryl methyl sites for hydroxylation is 1. The fourth-order valence-electron chi connectivity index (χ4n) is 1.90. The van der Waals surface area contributed by atoms with E-state index in [2.05, 4.69) is 0 Å². The van der Waals surface area contributed by atoms with Crippen LogP contribution in [0.25, 0.3) is 0 Å². The van der Waals surface area contributed by atoms with Crippen molar-refractivity contribution in [1.29, 1.82) is 0 Å². The van der Waals surface area contributed by atoms with Crippen molar-refractivity contribution >= 4 is 29.2 Å². The van der Waals surface area contributed by atoms with Gasteiger partial charge in [-0.25, -0.2) is 4.79 Å². The second kappa shape index (κ2) is 6.83. The first-order valence-electron chi connectivity index (χ1n) is 6.35. The lowest BCUT2D eigenvalue weighted by molar-refractivity contribution is -0.145. The monoisotopic (exact) mass is 324 g/mol. The van der Waals surface area contributed by atoms with Crippen molar-refractivity contribution in [3.63, 3.8) is 0 Å². The molecular formula is C16H14Cl2O3. The first-order chi connectivity index (χ1) is 9.94. The number of rotatable bonds is 5. The van der Waals surface area contributed by atoms with Gasteiger partial charge < -0.3 is 9.84 Å². The molecule has 21 heavy (non-hydrogen) atoms. The van der Waals surface area contributed by atoms with Crippen LogP contribution in [0.2, 0.25) is 10.0 Å². The lowest BCUT2D eigenvalue weighted by Gasteiger charge is -2.15. The van der Waals surface area contributed by atoms with Gasteiger partial charge in [0.2, 0.25) is 0 Å². The molecule has 1 atom stereocenters. The highest BCUT2D eigenvalue weighted by molar-refractivity contribution is 6.34. The maximum Gasteiger partial charge on any atom is 0.345 e. The quantitative estimate of drug-likeness (QED) is 0.887. The van der Waals surface area contributed by atoms with Gasteiger partial charge in [0.15, 0.2) is 6.10 Å². The van der Waals surface area contributed by atoms with Gasteiger partial charge in [0.05, 0.1) is 0 Å². The van der Waals surface area contributed by atoms with Crippen LogP contribution in [0.5, 0.6) is 5.75 Å². The molecule has 0 radical (unpaired) electrons. The van der Waals surface area contributed by atoms with Gasteiger partial charge in [-0.15, -0.1) is 0 Å². The van der Waals surface area contributed by atoms with E-state index in [1.807, 2.05) is 19.1 Å². The van der Waals surface area contributed by atoms with Crippen molar-refractivity contribution in [3.05, 3.63) is 63.6 Å². The molecule has 0 unspecified atom stereocenters. The number of hydrogen-bond acceptors (Lipinski definition) is 2. The average Bonchev–Trinajstić information content (AvgIpc) is 2.39. The SMILES string of the molecule is Cc1ccc(O[C@H](Cc2cc(Cl)cc(Cl)c2)C(=O)O)cc1. The standard InChI is InChI=1S/C16H14Cl2O3/c1-10-2-4-14(5-3-10)21-15(16(19)20)8-11-6-12(17)9-13(18)7-11/h2-7,9,15H,8H2,1H3,(H,19,20)/t15-/m1/s1. The summed E-state index contributed by atoms with van der Waals surface area (Å²) in [5.74, 6) is -0.521. The van der Waals surface area contributed by atoms with E-state index < -0.39 is 12.1 Å². The number of carbonyl (C=O) groups is 1. The zero-order valence-corrected chi connectivity index (χ0v) is 12.9. The van der Waals surface area contributed by atoms with Crippen molar-refractivity contribution < 1.29 is 14.6 Å². The van der Waals surface area contributed by atoms with E-state index in [4.69, 9.17) is 27.9 Å². The van der Waals surface area contributed by atoms with Gasteiger partial charge in [0.25, 0.3) is 0 Å². The molecule has 0 aliphatic carbocycles. The Hall–Kier alpha value is -1.71. The highest BCUT2D eigenvalue weighted by atomic mass is 35.5. The summed E-state index contributed by atoms with van der Waals surface area (Å²) in [7, 11) is 0. The Balaban J connectivity index is 2.15. The maximum absolute atomic E-state index is 11.4. The van der Waals surface area contributed by atoms with Gasteiger partial charge in [-0.3, -0.25) is 0 Å². The van der Waals surface area contributed by atoms with Crippen LogP contribution >= 0.6 is 23.2 Å². The minimum absolute atomic E-state index is 0.184. The second-order valence-corrected chi connectivity index (χ2v) is 5.61. The van der Waals surface area contributed by atoms with Gasteiger partial charge >= 0.3 is 5.97 Å². The Morgan fingerprint density at radius 3 is 2.24 bits per heavy atom. The topological polar surface area (TPSA) is 46.5 Å². The van der Waals surface area contributed by atoms with Gasteiger partial charge in [0.1, 0.15) is 5.75 Å². The lowest BCUT2D eigenvalue weighted by Crippen LogP contribution is -2.29. The summed E-state index contributed by atoms with van der Waals surface area (Å²) in [4.78, 5) is 11.4. The molecule has 0 saturated heterocycles. The number of ether oxygens (including phenoxy) is 1. The Labute approximate surface area is 133 Å². The maximum atomic E-state index is 11.4. The summed E-state index contributed by atoms with van der Waals surface area (Å²) >= 11 is 11.8. The zero-order valence-electron chi connectivity index (χ0n) is 11.3. The van der Waals surface area contributed by atoms with Gasteiger partial charge in [-0.1, -0.05) is 40.9 Å². The van der Waals surface area contributed by atoms with E-state index in [9.17, 15) is 9.90 Å². The largest absolute Gasteiger partial charge is 0.478 e. The van der Waals surface area contributed by atoms with Crippen LogP contribution in [0.1, 0.15) is 11.1 Å². The van der Waals surface area contributed by atoms with Gasteiger partial charge in [-0.2, -0.15) is 0 Å². The third-order valence-corrected chi connectivity index (χ3v) is 3.35. The molecular weight excluding hydrogens is 311 g/mol. The molecule has 0 fully saturated rings. The second-order valence-electron chi connectivity index (χ2n) is 4.74. The van der Waals surface area contributed by atoms with Crippen LogP contribution in [-0.4, -0.2) is 17.2 Å². The third-order valence-electron chi connectivity index (χ3n) is 2.92. The molecule has 0 aliphatic heterocycles. The Kier molecular flexibility index (Phi) is 5.10. The van der Waals surface area contributed by atoms with E-state index in [1.165, 1.54) is 0 Å². The van der Waals surface area contributed by atoms with E-state index in [1.54, 1.807) is 30.3 Å². The molecule has 0 heterocycles. The van der Waals surface area contributed by atoms with Gasteiger partial charge in [0, 0.05) is 16.5 Å². The summed E-state index contributed by atoms with van der Waals surface area (Å²) < 4.78 is 5.53. The summed E-state index contributed by atoms with van der Waals surface area (Å²) in [6, 6.07) is 12.2. The summed E-state index contributed by atoms with van der Waals surface area (Å²) in [6.07, 6.45) is -0.814. The van der Waals surface area contributed by atoms with Crippen molar-refractivity contribution in [2.75, 3.05) is 0 Å². The Morgan fingerprint density at radius 1 is 1.14 bits per heavy atom. The van der Waals surface area contributed by atoms with Crippen molar-refractivity contribution in [2.45, 2.75) is 19.4 Å². The highest BCUT2D eigenvalue weighted by Crippen LogP contribution is 2.21. The predicted molar refractivity (Wildman–Crippen MR) is 83.4 cm³/mol. The summed E-state index contributed by atoms with van der Waals surface area (Å²) in [5, 5.41) is 10.2. The van der Waals surface area contributed by atoms with E-state index in [0.29, 0.717) is 21.4 Å². The minimum Gasteiger partial charge on any atom is -0.478 e. The van der Waals surface area contributed by atoms with E-state index >= 15 is 0 Å². The molecule has 1 N–H and O–H groups in total. The lowest BCUT2D eigenvalue weighted by atomic mass is 10.1. The zero-order chi connectivity index (χ0) is 15.4. The third kappa shape index (κ3) is 4.66. The molecule has 5 heteroatoms. The minimum atomic E-state index is -1.04. The fraction of sp³-hybridized carbons (Fsp3) is 0.188. The molecule has 2 aromatic rings. The molecule has 0 bridgehead atoms. The highest BCUT2D eigenvalue weighted by Gasteiger charge is 2.20. The number of carboxylic acids is 1. The molecule has 0 amide bonds. The van der Waals surface area contributed by atoms with Crippen LogP contribution in [0.4, 0.5) is 0 Å². The fourth-order valence-corrected chi connectivity index (χ4v) is 2.47. The number of halogens is 2. The normalized spacial score (nSPS) is 12.0. The van der Waals surface area contributed by atoms with Crippen molar-refractivity contribution in [3.8, 4) is 5.75 Å². The van der Waals surface area contributed by atoms with Crippen molar-refractivity contribution in [2.24, 2.45) is 0 Å². The number of aliphatic carboxylic acids is 1. The molecule has 110 valence electrons. The molecule has 2 aromatic carbocycles. The first-order valence-corrected chi connectivity index (χ1v) is 7.11. The average molecular weight is 325 g/mol. The molecule has 2 rings (SSSR count). The molecule has 3 nitrogen and oxygen atoms in total. The summed E-state index contributed by atoms with van der Waals surface area (Å²) in [6.45, 7) is 1.95. The Bertz CT molecular complexity index is 618. The summed E-state index contributed by atoms with van der Waals surface area (Å²) in [5.41, 5.74) is 1.79. The molecule has 0 saturated carbocycles. The molecule has 0 spiro atoms. The van der Waals surface area contributed by atoms with Crippen LogP contribution in [0.15, 0.2) is 42.5 Å².